The third-order valence-electron chi connectivity index (χ3n) is 3.01. The minimum Gasteiger partial charge on any atom is -0.391 e. The van der Waals surface area contributed by atoms with Gasteiger partial charge in [0.25, 0.3) is 0 Å². The molecular weight excluding hydrogens is 299 g/mol. The van der Waals surface area contributed by atoms with Crippen LogP contribution in [0.4, 0.5) is 4.39 Å². The maximum Gasteiger partial charge on any atom is 0.148 e. The summed E-state index contributed by atoms with van der Waals surface area (Å²) in [5.74, 6) is -0.700. The molecule has 1 rings (SSSR count). The molecule has 0 aromatic heterocycles. The van der Waals surface area contributed by atoms with E-state index in [1.807, 2.05) is 13.8 Å². The highest BCUT2D eigenvalue weighted by atomic mass is 35.5. The van der Waals surface area contributed by atoms with Crippen molar-refractivity contribution in [1.29, 1.82) is 0 Å². The number of halogens is 4. The fourth-order valence-corrected chi connectivity index (χ4v) is 2.05. The number of aliphatic hydroxyl groups excluding tert-OH is 1. The lowest BCUT2D eigenvalue weighted by Crippen LogP contribution is -2.32. The van der Waals surface area contributed by atoms with Crippen molar-refractivity contribution in [2.45, 2.75) is 32.4 Å². The van der Waals surface area contributed by atoms with Gasteiger partial charge in [0, 0.05) is 10.6 Å². The Labute approximate surface area is 123 Å². The van der Waals surface area contributed by atoms with E-state index < -0.39 is 18.0 Å². The summed E-state index contributed by atoms with van der Waals surface area (Å²) in [7, 11) is 0. The summed E-state index contributed by atoms with van der Waals surface area (Å²) >= 11 is 11.6. The van der Waals surface area contributed by atoms with E-state index in [0.29, 0.717) is 0 Å². The molecule has 3 N–H and O–H groups in total. The van der Waals surface area contributed by atoms with Crippen molar-refractivity contribution in [2.24, 2.45) is 11.7 Å². The van der Waals surface area contributed by atoms with Crippen LogP contribution in [0.5, 0.6) is 0 Å². The molecule has 0 radical (unpaired) electrons. The second-order valence-electron chi connectivity index (χ2n) is 4.16. The van der Waals surface area contributed by atoms with Crippen molar-refractivity contribution in [2.75, 3.05) is 0 Å². The molecular formula is C12H17Cl3FNO. The quantitative estimate of drug-likeness (QED) is 0.826. The highest BCUT2D eigenvalue weighted by Crippen LogP contribution is 2.32. The van der Waals surface area contributed by atoms with Crippen LogP contribution in [0.1, 0.15) is 31.9 Å². The highest BCUT2D eigenvalue weighted by Gasteiger charge is 2.27. The second-order valence-corrected chi connectivity index (χ2v) is 4.97. The molecule has 2 nitrogen and oxygen atoms in total. The van der Waals surface area contributed by atoms with Crippen LogP contribution >= 0.6 is 35.6 Å². The molecule has 104 valence electrons. The smallest absolute Gasteiger partial charge is 0.148 e. The Balaban J connectivity index is 0.00000289. The first kappa shape index (κ1) is 17.9. The molecule has 0 saturated carbocycles. The molecule has 6 heteroatoms. The molecule has 0 fully saturated rings. The van der Waals surface area contributed by atoms with Crippen molar-refractivity contribution < 1.29 is 9.50 Å². The minimum atomic E-state index is -0.879. The van der Waals surface area contributed by atoms with E-state index in [-0.39, 0.29) is 33.9 Å². The first-order valence-corrected chi connectivity index (χ1v) is 6.22. The molecule has 0 aliphatic rings. The lowest BCUT2D eigenvalue weighted by molar-refractivity contribution is 0.0868. The number of aliphatic hydroxyl groups is 1. The third kappa shape index (κ3) is 3.72. The largest absolute Gasteiger partial charge is 0.391 e. The zero-order valence-corrected chi connectivity index (χ0v) is 12.5. The molecule has 1 unspecified atom stereocenters. The average molecular weight is 317 g/mol. The maximum atomic E-state index is 13.8. The van der Waals surface area contributed by atoms with Gasteiger partial charge in [-0.05, 0) is 18.1 Å². The van der Waals surface area contributed by atoms with Gasteiger partial charge in [-0.15, -0.1) is 12.4 Å². The van der Waals surface area contributed by atoms with E-state index in [0.717, 1.165) is 6.42 Å². The molecule has 1 aromatic carbocycles. The van der Waals surface area contributed by atoms with Gasteiger partial charge in [-0.2, -0.15) is 0 Å². The normalized spacial score (nSPS) is 15.7. The fourth-order valence-electron chi connectivity index (χ4n) is 1.61. The molecule has 0 saturated heterocycles. The number of hydrogen-bond donors (Lipinski definition) is 2. The van der Waals surface area contributed by atoms with Crippen molar-refractivity contribution in [3.8, 4) is 0 Å². The predicted molar refractivity (Wildman–Crippen MR) is 76.1 cm³/mol. The summed E-state index contributed by atoms with van der Waals surface area (Å²) in [6.45, 7) is 3.78. The van der Waals surface area contributed by atoms with Gasteiger partial charge in [-0.3, -0.25) is 0 Å². The molecule has 0 heterocycles. The van der Waals surface area contributed by atoms with E-state index >= 15 is 0 Å². The lowest BCUT2D eigenvalue weighted by Gasteiger charge is -2.25. The Kier molecular flexibility index (Phi) is 7.48. The summed E-state index contributed by atoms with van der Waals surface area (Å²) in [6, 6.07) is 1.97. The Morgan fingerprint density at radius 3 is 2.33 bits per heavy atom. The summed E-state index contributed by atoms with van der Waals surface area (Å²) < 4.78 is 13.8. The maximum absolute atomic E-state index is 13.8. The Morgan fingerprint density at radius 2 is 1.83 bits per heavy atom. The number of nitrogens with two attached hydrogens (primary N) is 1. The van der Waals surface area contributed by atoms with E-state index in [4.69, 9.17) is 28.9 Å². The van der Waals surface area contributed by atoms with Gasteiger partial charge < -0.3 is 10.8 Å². The molecule has 0 aliphatic carbocycles. The van der Waals surface area contributed by atoms with Crippen LogP contribution < -0.4 is 5.73 Å². The van der Waals surface area contributed by atoms with E-state index in [1.54, 1.807) is 0 Å². The first-order chi connectivity index (χ1) is 7.90. The van der Waals surface area contributed by atoms with Crippen LogP contribution in [-0.4, -0.2) is 11.2 Å². The zero-order valence-electron chi connectivity index (χ0n) is 10.2. The standard InChI is InChI=1S/C12H16Cl2FNO.ClH/c1-3-6(2)12(17)11(16)9-7(13)4-5-8(14)10(9)15;/h4-6,11-12,17H,3,16H2,1-2H3;1H/t6?,11-,12+;/m1./s1. The van der Waals surface area contributed by atoms with Crippen LogP contribution in [0.2, 0.25) is 10.0 Å². The van der Waals surface area contributed by atoms with Crippen LogP contribution in [0, 0.1) is 11.7 Å². The molecule has 0 aliphatic heterocycles. The fraction of sp³-hybridized carbons (Fsp3) is 0.500. The van der Waals surface area contributed by atoms with E-state index in [2.05, 4.69) is 0 Å². The lowest BCUT2D eigenvalue weighted by atomic mass is 9.91. The molecule has 1 aromatic rings. The second kappa shape index (κ2) is 7.51. The Morgan fingerprint density at radius 1 is 1.33 bits per heavy atom. The van der Waals surface area contributed by atoms with Gasteiger partial charge in [-0.25, -0.2) is 4.39 Å². The van der Waals surface area contributed by atoms with Crippen LogP contribution in [-0.2, 0) is 0 Å². The van der Waals surface area contributed by atoms with Gasteiger partial charge in [-0.1, -0.05) is 43.5 Å². The van der Waals surface area contributed by atoms with Crippen LogP contribution in [0.25, 0.3) is 0 Å². The number of benzene rings is 1. The third-order valence-corrected chi connectivity index (χ3v) is 3.63. The molecule has 18 heavy (non-hydrogen) atoms. The summed E-state index contributed by atoms with van der Waals surface area (Å²) in [6.07, 6.45) is -0.111. The van der Waals surface area contributed by atoms with Crippen molar-refractivity contribution in [1.82, 2.24) is 0 Å². The number of rotatable bonds is 4. The summed E-state index contributed by atoms with van der Waals surface area (Å²) in [5.41, 5.74) is 5.93. The Bertz CT molecular complexity index is 403. The minimum absolute atomic E-state index is 0. The topological polar surface area (TPSA) is 46.2 Å². The molecule has 0 amide bonds. The predicted octanol–water partition coefficient (Wildman–Crippen LogP) is 3.96. The van der Waals surface area contributed by atoms with E-state index in [1.165, 1.54) is 12.1 Å². The summed E-state index contributed by atoms with van der Waals surface area (Å²) in [5, 5.41) is 10.1. The SMILES string of the molecule is CCC(C)[C@H](O)[C@H](N)c1c(Cl)ccc(Cl)c1F.Cl. The van der Waals surface area contributed by atoms with Gasteiger partial charge in [0.2, 0.25) is 0 Å². The molecule has 0 spiro atoms. The zero-order chi connectivity index (χ0) is 13.2. The van der Waals surface area contributed by atoms with Gasteiger partial charge in [0.1, 0.15) is 5.82 Å². The Hall–Kier alpha value is -0.0600. The highest BCUT2D eigenvalue weighted by molar-refractivity contribution is 6.33. The van der Waals surface area contributed by atoms with Gasteiger partial charge >= 0.3 is 0 Å². The average Bonchev–Trinajstić information content (AvgIpc) is 2.32. The first-order valence-electron chi connectivity index (χ1n) is 5.47. The van der Waals surface area contributed by atoms with Crippen molar-refractivity contribution >= 4 is 35.6 Å². The molecule has 0 bridgehead atoms. The van der Waals surface area contributed by atoms with E-state index in [9.17, 15) is 9.50 Å². The van der Waals surface area contributed by atoms with Crippen molar-refractivity contribution in [3.63, 3.8) is 0 Å². The van der Waals surface area contributed by atoms with Gasteiger partial charge in [0.15, 0.2) is 0 Å². The molecule has 3 atom stereocenters. The van der Waals surface area contributed by atoms with Crippen LogP contribution in [0.3, 0.4) is 0 Å². The van der Waals surface area contributed by atoms with Crippen molar-refractivity contribution in [3.05, 3.63) is 33.6 Å². The number of hydrogen-bond acceptors (Lipinski definition) is 2. The van der Waals surface area contributed by atoms with Crippen LogP contribution in [0.15, 0.2) is 12.1 Å². The van der Waals surface area contributed by atoms with Gasteiger partial charge in [0.05, 0.1) is 17.2 Å². The monoisotopic (exact) mass is 315 g/mol. The summed E-state index contributed by atoms with van der Waals surface area (Å²) in [4.78, 5) is 0.